The summed E-state index contributed by atoms with van der Waals surface area (Å²) >= 11 is 0. The molecule has 1 unspecified atom stereocenters. The van der Waals surface area contributed by atoms with E-state index in [0.717, 1.165) is 34.8 Å². The topological polar surface area (TPSA) is 55.1 Å². The lowest BCUT2D eigenvalue weighted by Crippen LogP contribution is -2.20. The molecule has 0 amide bonds. The molecule has 5 nitrogen and oxygen atoms in total. The van der Waals surface area contributed by atoms with Crippen LogP contribution in [-0.2, 0) is 6.54 Å². The monoisotopic (exact) mass is 281 g/mol. The van der Waals surface area contributed by atoms with Crippen molar-refractivity contribution in [3.05, 3.63) is 59.3 Å². The molecular formula is C16H19N5. The van der Waals surface area contributed by atoms with E-state index in [1.807, 2.05) is 48.1 Å². The molecule has 21 heavy (non-hydrogen) atoms. The normalized spacial score (nSPS) is 12.7. The van der Waals surface area contributed by atoms with Crippen LogP contribution in [0, 0.1) is 13.8 Å². The molecule has 3 rings (SSSR count). The lowest BCUT2D eigenvalue weighted by Gasteiger charge is -2.16. The van der Waals surface area contributed by atoms with Crippen molar-refractivity contribution < 1.29 is 0 Å². The fraction of sp³-hybridized carbons (Fsp3) is 0.312. The Hall–Kier alpha value is -2.27. The highest BCUT2D eigenvalue weighted by Gasteiger charge is 2.12. The van der Waals surface area contributed by atoms with Crippen molar-refractivity contribution in [1.29, 1.82) is 0 Å². The van der Waals surface area contributed by atoms with E-state index in [0.29, 0.717) is 0 Å². The predicted octanol–water partition coefficient (Wildman–Crippen LogP) is 2.59. The van der Waals surface area contributed by atoms with E-state index in [9.17, 15) is 0 Å². The first-order valence-electron chi connectivity index (χ1n) is 7.10. The van der Waals surface area contributed by atoms with E-state index in [4.69, 9.17) is 0 Å². The molecule has 0 saturated heterocycles. The van der Waals surface area contributed by atoms with Crippen LogP contribution >= 0.6 is 0 Å². The Bertz CT molecular complexity index is 748. The molecule has 0 spiro atoms. The Morgan fingerprint density at radius 1 is 1.24 bits per heavy atom. The summed E-state index contributed by atoms with van der Waals surface area (Å²) in [6.45, 7) is 6.93. The maximum atomic E-state index is 4.49. The van der Waals surface area contributed by atoms with Gasteiger partial charge in [0.25, 0.3) is 0 Å². The van der Waals surface area contributed by atoms with Crippen molar-refractivity contribution in [2.24, 2.45) is 0 Å². The summed E-state index contributed by atoms with van der Waals surface area (Å²) in [5.74, 6) is 0. The molecule has 0 aromatic carbocycles. The number of aromatic nitrogens is 4. The van der Waals surface area contributed by atoms with Crippen LogP contribution in [0.1, 0.15) is 35.6 Å². The Kier molecular flexibility index (Phi) is 3.66. The second-order valence-corrected chi connectivity index (χ2v) is 5.28. The van der Waals surface area contributed by atoms with Crippen molar-refractivity contribution in [2.45, 2.75) is 33.4 Å². The molecule has 1 N–H and O–H groups in total. The largest absolute Gasteiger partial charge is 0.304 e. The SMILES string of the molecule is Cc1cc2ncc(C(C)NCc3ccccn3)c(C)n2n1. The van der Waals surface area contributed by atoms with Gasteiger partial charge in [-0.1, -0.05) is 6.07 Å². The number of nitrogens with one attached hydrogen (secondary N) is 1. The third-order valence-electron chi connectivity index (χ3n) is 3.67. The first kappa shape index (κ1) is 13.7. The second kappa shape index (κ2) is 5.61. The fourth-order valence-corrected chi connectivity index (χ4v) is 2.47. The van der Waals surface area contributed by atoms with Crippen LogP contribution in [0.5, 0.6) is 0 Å². The van der Waals surface area contributed by atoms with Gasteiger partial charge in [0.2, 0.25) is 0 Å². The third-order valence-corrected chi connectivity index (χ3v) is 3.67. The van der Waals surface area contributed by atoms with Gasteiger partial charge in [0.05, 0.1) is 11.4 Å². The van der Waals surface area contributed by atoms with Gasteiger partial charge in [0.15, 0.2) is 5.65 Å². The van der Waals surface area contributed by atoms with E-state index in [1.165, 1.54) is 0 Å². The number of hydrogen-bond acceptors (Lipinski definition) is 4. The van der Waals surface area contributed by atoms with Gasteiger partial charge in [-0.05, 0) is 32.9 Å². The van der Waals surface area contributed by atoms with Crippen LogP contribution in [0.25, 0.3) is 5.65 Å². The van der Waals surface area contributed by atoms with Crippen LogP contribution in [0.2, 0.25) is 0 Å². The summed E-state index contributed by atoms with van der Waals surface area (Å²) in [4.78, 5) is 8.81. The molecule has 0 fully saturated rings. The summed E-state index contributed by atoms with van der Waals surface area (Å²) < 4.78 is 1.91. The average molecular weight is 281 g/mol. The van der Waals surface area contributed by atoms with Gasteiger partial charge in [0, 0.05) is 42.3 Å². The first-order chi connectivity index (χ1) is 10.1. The molecule has 0 aliphatic rings. The van der Waals surface area contributed by atoms with E-state index >= 15 is 0 Å². The summed E-state index contributed by atoms with van der Waals surface area (Å²) in [5, 5.41) is 7.97. The Labute approximate surface area is 124 Å². The molecule has 3 aromatic heterocycles. The quantitative estimate of drug-likeness (QED) is 0.798. The molecule has 0 saturated carbocycles. The predicted molar refractivity (Wildman–Crippen MR) is 82.0 cm³/mol. The second-order valence-electron chi connectivity index (χ2n) is 5.28. The molecule has 0 aliphatic carbocycles. The fourth-order valence-electron chi connectivity index (χ4n) is 2.47. The minimum absolute atomic E-state index is 0.188. The van der Waals surface area contributed by atoms with E-state index in [-0.39, 0.29) is 6.04 Å². The molecule has 5 heteroatoms. The highest BCUT2D eigenvalue weighted by atomic mass is 15.3. The zero-order chi connectivity index (χ0) is 14.8. The van der Waals surface area contributed by atoms with Crippen LogP contribution in [-0.4, -0.2) is 19.6 Å². The highest BCUT2D eigenvalue weighted by molar-refractivity contribution is 5.42. The molecule has 3 heterocycles. The van der Waals surface area contributed by atoms with Gasteiger partial charge < -0.3 is 5.32 Å². The first-order valence-corrected chi connectivity index (χ1v) is 7.10. The number of pyridine rings is 1. The van der Waals surface area contributed by atoms with E-state index in [1.54, 1.807) is 0 Å². The Morgan fingerprint density at radius 3 is 2.86 bits per heavy atom. The summed E-state index contributed by atoms with van der Waals surface area (Å²) in [6, 6.07) is 8.12. The van der Waals surface area contributed by atoms with Gasteiger partial charge >= 0.3 is 0 Å². The Morgan fingerprint density at radius 2 is 2.10 bits per heavy atom. The molecule has 0 aliphatic heterocycles. The standard InChI is InChI=1S/C16H19N5/c1-11-8-16-19-10-15(13(3)21(16)20-11)12(2)18-9-14-6-4-5-7-17-14/h4-8,10,12,18H,9H2,1-3H3. The number of nitrogens with zero attached hydrogens (tertiary/aromatic N) is 4. The maximum Gasteiger partial charge on any atom is 0.155 e. The molecule has 108 valence electrons. The van der Waals surface area contributed by atoms with Crippen molar-refractivity contribution in [2.75, 3.05) is 0 Å². The zero-order valence-corrected chi connectivity index (χ0v) is 12.5. The van der Waals surface area contributed by atoms with Gasteiger partial charge in [-0.15, -0.1) is 0 Å². The maximum absolute atomic E-state index is 4.49. The summed E-state index contributed by atoms with van der Waals surface area (Å²) in [7, 11) is 0. The molecular weight excluding hydrogens is 262 g/mol. The molecule has 0 bridgehead atoms. The third kappa shape index (κ3) is 2.78. The number of fused-ring (bicyclic) bond motifs is 1. The van der Waals surface area contributed by atoms with Crippen LogP contribution < -0.4 is 5.32 Å². The summed E-state index contributed by atoms with van der Waals surface area (Å²) in [5.41, 5.74) is 5.18. The van der Waals surface area contributed by atoms with Crippen LogP contribution in [0.4, 0.5) is 0 Å². The minimum atomic E-state index is 0.188. The lowest BCUT2D eigenvalue weighted by atomic mass is 10.1. The zero-order valence-electron chi connectivity index (χ0n) is 12.5. The van der Waals surface area contributed by atoms with Gasteiger partial charge in [-0.25, -0.2) is 9.50 Å². The van der Waals surface area contributed by atoms with Gasteiger partial charge in [0.1, 0.15) is 0 Å². The molecule has 3 aromatic rings. The van der Waals surface area contributed by atoms with Crippen molar-refractivity contribution in [3.8, 4) is 0 Å². The molecule has 0 radical (unpaired) electrons. The van der Waals surface area contributed by atoms with Crippen LogP contribution in [0.15, 0.2) is 36.7 Å². The average Bonchev–Trinajstić information content (AvgIpc) is 2.88. The van der Waals surface area contributed by atoms with Crippen molar-refractivity contribution >= 4 is 5.65 Å². The van der Waals surface area contributed by atoms with Crippen molar-refractivity contribution in [1.82, 2.24) is 24.9 Å². The number of rotatable bonds is 4. The minimum Gasteiger partial charge on any atom is -0.304 e. The highest BCUT2D eigenvalue weighted by Crippen LogP contribution is 2.18. The lowest BCUT2D eigenvalue weighted by molar-refractivity contribution is 0.558. The number of aryl methyl sites for hydroxylation is 2. The smallest absolute Gasteiger partial charge is 0.155 e. The Balaban J connectivity index is 1.81. The van der Waals surface area contributed by atoms with Gasteiger partial charge in [-0.3, -0.25) is 4.98 Å². The summed E-state index contributed by atoms with van der Waals surface area (Å²) in [6.07, 6.45) is 3.74. The van der Waals surface area contributed by atoms with Gasteiger partial charge in [-0.2, -0.15) is 5.10 Å². The number of hydrogen-bond donors (Lipinski definition) is 1. The van der Waals surface area contributed by atoms with E-state index in [2.05, 4.69) is 34.2 Å². The van der Waals surface area contributed by atoms with Crippen molar-refractivity contribution in [3.63, 3.8) is 0 Å². The van der Waals surface area contributed by atoms with E-state index < -0.39 is 0 Å². The van der Waals surface area contributed by atoms with Crippen LogP contribution in [0.3, 0.4) is 0 Å². The molecule has 1 atom stereocenters.